The van der Waals surface area contributed by atoms with E-state index in [0.717, 1.165) is 59.0 Å². The second-order valence-electron chi connectivity index (χ2n) is 7.87. The summed E-state index contributed by atoms with van der Waals surface area (Å²) in [4.78, 5) is 1.59. The van der Waals surface area contributed by atoms with E-state index in [9.17, 15) is 4.21 Å². The van der Waals surface area contributed by atoms with Gasteiger partial charge in [-0.1, -0.05) is 64.0 Å². The van der Waals surface area contributed by atoms with Crippen LogP contribution in [-0.4, -0.2) is 11.3 Å². The summed E-state index contributed by atoms with van der Waals surface area (Å²) < 4.78 is 20.5. The third-order valence-corrected chi connectivity index (χ3v) is 7.60. The van der Waals surface area contributed by atoms with Crippen molar-refractivity contribution in [2.45, 2.75) is 30.6 Å². The maximum Gasteiger partial charge on any atom is 0.127 e. The second kappa shape index (κ2) is 9.43. The third-order valence-electron chi connectivity index (χ3n) is 5.66. The Morgan fingerprint density at radius 2 is 1.44 bits per heavy atom. The molecule has 32 heavy (non-hydrogen) atoms. The summed E-state index contributed by atoms with van der Waals surface area (Å²) in [6.07, 6.45) is 0. The molecule has 2 nitrogen and oxygen atoms in total. The van der Waals surface area contributed by atoms with Crippen LogP contribution in [0.5, 0.6) is 5.75 Å². The van der Waals surface area contributed by atoms with Gasteiger partial charge in [-0.05, 0) is 85.0 Å². The van der Waals surface area contributed by atoms with Crippen LogP contribution in [0.25, 0.3) is 22.3 Å². The maximum atomic E-state index is 13.7. The van der Waals surface area contributed by atoms with Crippen LogP contribution in [0.15, 0.2) is 93.1 Å². The largest absolute Gasteiger partial charge is 0.496 e. The molecule has 0 radical (unpaired) electrons. The topological polar surface area (TPSA) is 26.3 Å². The standard InChI is InChI=1S/C28H25BrO2S/c1-18-9-14-22(15-10-18)32(30)26-8-6-5-7-23(26)27-20(3)12-16-25(31-4)28(27)24-17-21(29)13-11-19(24)2/h5-17H,1-4H3/t32-/m0/s1. The van der Waals surface area contributed by atoms with Gasteiger partial charge in [-0.15, -0.1) is 0 Å². The molecule has 0 unspecified atom stereocenters. The van der Waals surface area contributed by atoms with E-state index in [2.05, 4.69) is 54.0 Å². The molecule has 4 aromatic carbocycles. The first-order valence-corrected chi connectivity index (χ1v) is 12.4. The average molecular weight is 505 g/mol. The van der Waals surface area contributed by atoms with Gasteiger partial charge in [0.2, 0.25) is 0 Å². The minimum atomic E-state index is -1.31. The molecule has 0 aliphatic rings. The molecular formula is C28H25BrO2S. The summed E-state index contributed by atoms with van der Waals surface area (Å²) in [5.74, 6) is 0.794. The Morgan fingerprint density at radius 1 is 0.750 bits per heavy atom. The first kappa shape index (κ1) is 22.5. The number of benzene rings is 4. The van der Waals surface area contributed by atoms with Gasteiger partial charge in [-0.25, -0.2) is 4.21 Å². The quantitative estimate of drug-likeness (QED) is 0.276. The Hall–Kier alpha value is -2.69. The number of halogens is 1. The van der Waals surface area contributed by atoms with Crippen LogP contribution in [-0.2, 0) is 10.8 Å². The van der Waals surface area contributed by atoms with E-state index in [1.807, 2.05) is 61.5 Å². The van der Waals surface area contributed by atoms with Crippen molar-refractivity contribution in [3.8, 4) is 28.0 Å². The van der Waals surface area contributed by atoms with Gasteiger partial charge in [-0.3, -0.25) is 0 Å². The van der Waals surface area contributed by atoms with E-state index < -0.39 is 10.8 Å². The van der Waals surface area contributed by atoms with E-state index in [-0.39, 0.29) is 0 Å². The Morgan fingerprint density at radius 3 is 2.16 bits per heavy atom. The minimum absolute atomic E-state index is 0.793. The lowest BCUT2D eigenvalue weighted by Crippen LogP contribution is -2.00. The summed E-state index contributed by atoms with van der Waals surface area (Å²) >= 11 is 3.62. The number of hydrogen-bond acceptors (Lipinski definition) is 2. The van der Waals surface area contributed by atoms with E-state index >= 15 is 0 Å². The van der Waals surface area contributed by atoms with Crippen molar-refractivity contribution in [2.24, 2.45) is 0 Å². The molecule has 162 valence electrons. The molecule has 0 saturated heterocycles. The number of rotatable bonds is 5. The van der Waals surface area contributed by atoms with Gasteiger partial charge in [0.15, 0.2) is 0 Å². The molecule has 0 spiro atoms. The first-order chi connectivity index (χ1) is 15.4. The fourth-order valence-corrected chi connectivity index (χ4v) is 5.53. The molecule has 0 N–H and O–H groups in total. The fraction of sp³-hybridized carbons (Fsp3) is 0.143. The molecule has 4 aromatic rings. The van der Waals surface area contributed by atoms with Gasteiger partial charge in [0.25, 0.3) is 0 Å². The highest BCUT2D eigenvalue weighted by Gasteiger charge is 2.22. The molecule has 0 aliphatic heterocycles. The van der Waals surface area contributed by atoms with Crippen molar-refractivity contribution in [3.05, 3.63) is 100 Å². The number of methoxy groups -OCH3 is 1. The van der Waals surface area contributed by atoms with E-state index in [0.29, 0.717) is 0 Å². The van der Waals surface area contributed by atoms with Crippen molar-refractivity contribution in [1.29, 1.82) is 0 Å². The Labute approximate surface area is 200 Å². The van der Waals surface area contributed by atoms with Gasteiger partial charge >= 0.3 is 0 Å². The van der Waals surface area contributed by atoms with Crippen molar-refractivity contribution < 1.29 is 8.95 Å². The normalized spacial score (nSPS) is 11.9. The predicted octanol–water partition coefficient (Wildman–Crippen LogP) is 7.88. The zero-order chi connectivity index (χ0) is 22.8. The third kappa shape index (κ3) is 4.30. The molecule has 0 amide bonds. The maximum absolute atomic E-state index is 13.7. The second-order valence-corrected chi connectivity index (χ2v) is 10.2. The van der Waals surface area contributed by atoms with E-state index in [1.165, 1.54) is 0 Å². The summed E-state index contributed by atoms with van der Waals surface area (Å²) in [6, 6.07) is 26.2. The lowest BCUT2D eigenvalue weighted by atomic mass is 9.88. The molecule has 0 bridgehead atoms. The molecule has 4 heteroatoms. The van der Waals surface area contributed by atoms with Crippen molar-refractivity contribution in [3.63, 3.8) is 0 Å². The van der Waals surface area contributed by atoms with Crippen LogP contribution in [0.3, 0.4) is 0 Å². The number of aryl methyl sites for hydroxylation is 3. The molecule has 0 fully saturated rings. The molecule has 4 rings (SSSR count). The van der Waals surface area contributed by atoms with Crippen LogP contribution >= 0.6 is 15.9 Å². The van der Waals surface area contributed by atoms with Crippen LogP contribution in [0.1, 0.15) is 16.7 Å². The zero-order valence-corrected chi connectivity index (χ0v) is 21.0. The molecular weight excluding hydrogens is 480 g/mol. The van der Waals surface area contributed by atoms with Gasteiger partial charge in [0, 0.05) is 14.9 Å². The van der Waals surface area contributed by atoms with Crippen molar-refractivity contribution >= 4 is 26.7 Å². The molecule has 0 heterocycles. The number of hydrogen-bond donors (Lipinski definition) is 0. The summed E-state index contributed by atoms with van der Waals surface area (Å²) in [6.45, 7) is 6.23. The van der Waals surface area contributed by atoms with Gasteiger partial charge < -0.3 is 4.74 Å². The molecule has 0 aromatic heterocycles. The van der Waals surface area contributed by atoms with Gasteiger partial charge in [-0.2, -0.15) is 0 Å². The lowest BCUT2D eigenvalue weighted by molar-refractivity contribution is 0.416. The monoisotopic (exact) mass is 504 g/mol. The van der Waals surface area contributed by atoms with Gasteiger partial charge in [0.05, 0.1) is 22.8 Å². The summed E-state index contributed by atoms with van der Waals surface area (Å²) in [7, 11) is 0.388. The SMILES string of the molecule is COc1ccc(C)c(-c2ccccc2[S@@](=O)c2ccc(C)cc2)c1-c1cc(Br)ccc1C. The first-order valence-electron chi connectivity index (χ1n) is 10.4. The van der Waals surface area contributed by atoms with Crippen molar-refractivity contribution in [2.75, 3.05) is 7.11 Å². The molecule has 1 atom stereocenters. The van der Waals surface area contributed by atoms with Crippen LogP contribution in [0.2, 0.25) is 0 Å². The Kier molecular flexibility index (Phi) is 6.63. The van der Waals surface area contributed by atoms with Crippen LogP contribution in [0, 0.1) is 20.8 Å². The minimum Gasteiger partial charge on any atom is -0.496 e. The Balaban J connectivity index is 2.01. The van der Waals surface area contributed by atoms with Gasteiger partial charge in [0.1, 0.15) is 5.75 Å². The summed E-state index contributed by atoms with van der Waals surface area (Å²) in [5, 5.41) is 0. The highest BCUT2D eigenvalue weighted by molar-refractivity contribution is 9.10. The van der Waals surface area contributed by atoms with E-state index in [4.69, 9.17) is 4.74 Å². The Bertz CT molecular complexity index is 1310. The van der Waals surface area contributed by atoms with Crippen LogP contribution in [0.4, 0.5) is 0 Å². The van der Waals surface area contributed by atoms with Crippen molar-refractivity contribution in [1.82, 2.24) is 0 Å². The smallest absolute Gasteiger partial charge is 0.127 e. The highest BCUT2D eigenvalue weighted by Crippen LogP contribution is 2.45. The average Bonchev–Trinajstić information content (AvgIpc) is 2.80. The fourth-order valence-electron chi connectivity index (χ4n) is 3.96. The predicted molar refractivity (Wildman–Crippen MR) is 137 cm³/mol. The summed E-state index contributed by atoms with van der Waals surface area (Å²) in [5.41, 5.74) is 7.50. The van der Waals surface area contributed by atoms with Crippen LogP contribution < -0.4 is 4.74 Å². The lowest BCUT2D eigenvalue weighted by Gasteiger charge is -2.21. The zero-order valence-electron chi connectivity index (χ0n) is 18.6. The molecule has 0 saturated carbocycles. The number of ether oxygens (including phenoxy) is 1. The highest BCUT2D eigenvalue weighted by atomic mass is 79.9. The molecule has 0 aliphatic carbocycles. The van der Waals surface area contributed by atoms with E-state index in [1.54, 1.807) is 7.11 Å².